The van der Waals surface area contributed by atoms with Gasteiger partial charge in [-0.1, -0.05) is 6.07 Å². The monoisotopic (exact) mass is 273 g/mol. The van der Waals surface area contributed by atoms with E-state index in [1.807, 2.05) is 6.07 Å². The van der Waals surface area contributed by atoms with Crippen LogP contribution in [0, 0.1) is 11.3 Å². The van der Waals surface area contributed by atoms with Crippen LogP contribution in [0.2, 0.25) is 0 Å². The maximum Gasteiger partial charge on any atom is 0.240 e. The third-order valence-electron chi connectivity index (χ3n) is 2.46. The predicted molar refractivity (Wildman–Crippen MR) is 69.4 cm³/mol. The van der Waals surface area contributed by atoms with E-state index in [4.69, 9.17) is 5.26 Å². The first-order valence-corrected chi connectivity index (χ1v) is 7.00. The number of nitriles is 1. The van der Waals surface area contributed by atoms with Crippen LogP contribution in [0.25, 0.3) is 0 Å². The second kappa shape index (κ2) is 5.61. The molecular formula is C13H11N3O2S. The Kier molecular flexibility index (Phi) is 3.90. The number of rotatable bonds is 4. The summed E-state index contributed by atoms with van der Waals surface area (Å²) in [7, 11) is -3.58. The topological polar surface area (TPSA) is 82.8 Å². The molecule has 0 bridgehead atoms. The Morgan fingerprint density at radius 2 is 1.89 bits per heavy atom. The van der Waals surface area contributed by atoms with Crippen LogP contribution in [-0.2, 0) is 16.6 Å². The summed E-state index contributed by atoms with van der Waals surface area (Å²) in [5, 5.41) is 8.66. The first-order valence-electron chi connectivity index (χ1n) is 5.51. The second-order valence-corrected chi connectivity index (χ2v) is 5.55. The van der Waals surface area contributed by atoms with E-state index in [9.17, 15) is 8.42 Å². The summed E-state index contributed by atoms with van der Waals surface area (Å²) in [5.41, 5.74) is 1.06. The lowest BCUT2D eigenvalue weighted by molar-refractivity contribution is 0.580. The zero-order valence-electron chi connectivity index (χ0n) is 9.95. The van der Waals surface area contributed by atoms with Crippen LogP contribution < -0.4 is 4.72 Å². The largest absolute Gasteiger partial charge is 0.260 e. The van der Waals surface area contributed by atoms with E-state index in [0.29, 0.717) is 11.3 Å². The SMILES string of the molecule is N#Cc1ccc(S(=O)(=O)NCc2ccccn2)cc1. The van der Waals surface area contributed by atoms with Gasteiger partial charge in [0.2, 0.25) is 10.0 Å². The molecule has 1 aromatic carbocycles. The minimum Gasteiger partial charge on any atom is -0.260 e. The number of hydrogen-bond donors (Lipinski definition) is 1. The molecule has 2 aromatic rings. The van der Waals surface area contributed by atoms with E-state index in [1.165, 1.54) is 24.3 Å². The van der Waals surface area contributed by atoms with E-state index in [1.54, 1.807) is 24.4 Å². The van der Waals surface area contributed by atoms with E-state index in [2.05, 4.69) is 9.71 Å². The molecule has 1 aromatic heterocycles. The first-order chi connectivity index (χ1) is 9.12. The van der Waals surface area contributed by atoms with Crippen molar-refractivity contribution in [3.05, 3.63) is 59.9 Å². The molecule has 0 fully saturated rings. The summed E-state index contributed by atoms with van der Waals surface area (Å²) >= 11 is 0. The van der Waals surface area contributed by atoms with Gasteiger partial charge in [-0.3, -0.25) is 4.98 Å². The van der Waals surface area contributed by atoms with E-state index in [0.717, 1.165) is 0 Å². The maximum atomic E-state index is 12.0. The highest BCUT2D eigenvalue weighted by molar-refractivity contribution is 7.89. The quantitative estimate of drug-likeness (QED) is 0.913. The fourth-order valence-corrected chi connectivity index (χ4v) is 2.46. The molecule has 0 aliphatic carbocycles. The summed E-state index contributed by atoms with van der Waals surface area (Å²) in [4.78, 5) is 4.16. The summed E-state index contributed by atoms with van der Waals surface area (Å²) in [6.45, 7) is 0.128. The fourth-order valence-electron chi connectivity index (χ4n) is 1.46. The molecule has 1 heterocycles. The molecule has 96 valence electrons. The van der Waals surface area contributed by atoms with E-state index >= 15 is 0 Å². The van der Waals surface area contributed by atoms with Crippen molar-refractivity contribution in [2.75, 3.05) is 0 Å². The molecule has 0 amide bonds. The molecule has 5 nitrogen and oxygen atoms in total. The molecule has 0 spiro atoms. The Hall–Kier alpha value is -2.23. The zero-order chi connectivity index (χ0) is 13.7. The lowest BCUT2D eigenvalue weighted by atomic mass is 10.2. The summed E-state index contributed by atoms with van der Waals surface area (Å²) in [6, 6.07) is 13.0. The average Bonchev–Trinajstić information content (AvgIpc) is 2.46. The lowest BCUT2D eigenvalue weighted by Crippen LogP contribution is -2.23. The van der Waals surface area contributed by atoms with E-state index < -0.39 is 10.0 Å². The average molecular weight is 273 g/mol. The van der Waals surface area contributed by atoms with Crippen LogP contribution >= 0.6 is 0 Å². The van der Waals surface area contributed by atoms with Gasteiger partial charge in [0.15, 0.2) is 0 Å². The van der Waals surface area contributed by atoms with E-state index in [-0.39, 0.29) is 11.4 Å². The van der Waals surface area contributed by atoms with Gasteiger partial charge in [0.25, 0.3) is 0 Å². The minimum atomic E-state index is -3.58. The van der Waals surface area contributed by atoms with Gasteiger partial charge >= 0.3 is 0 Å². The highest BCUT2D eigenvalue weighted by Gasteiger charge is 2.13. The molecule has 0 aliphatic heterocycles. The molecular weight excluding hydrogens is 262 g/mol. The van der Waals surface area contributed by atoms with Crippen LogP contribution in [0.4, 0.5) is 0 Å². The van der Waals surface area contributed by atoms with Gasteiger partial charge in [-0.05, 0) is 36.4 Å². The smallest absolute Gasteiger partial charge is 0.240 e. The van der Waals surface area contributed by atoms with Crippen molar-refractivity contribution in [3.8, 4) is 6.07 Å². The molecule has 6 heteroatoms. The Morgan fingerprint density at radius 1 is 1.16 bits per heavy atom. The normalized spacial score (nSPS) is 10.9. The van der Waals surface area contributed by atoms with Crippen LogP contribution in [-0.4, -0.2) is 13.4 Å². The highest BCUT2D eigenvalue weighted by atomic mass is 32.2. The van der Waals surface area contributed by atoms with Gasteiger partial charge in [0, 0.05) is 6.20 Å². The second-order valence-electron chi connectivity index (χ2n) is 3.78. The molecule has 0 radical (unpaired) electrons. The van der Waals surface area contributed by atoms with Gasteiger partial charge < -0.3 is 0 Å². The predicted octanol–water partition coefficient (Wildman–Crippen LogP) is 1.43. The van der Waals surface area contributed by atoms with Gasteiger partial charge in [-0.15, -0.1) is 0 Å². The number of benzene rings is 1. The molecule has 1 N–H and O–H groups in total. The van der Waals surface area contributed by atoms with Crippen molar-refractivity contribution in [2.24, 2.45) is 0 Å². The van der Waals surface area contributed by atoms with Crippen LogP contribution in [0.3, 0.4) is 0 Å². The van der Waals surface area contributed by atoms with Crippen molar-refractivity contribution >= 4 is 10.0 Å². The van der Waals surface area contributed by atoms with Crippen molar-refractivity contribution in [1.82, 2.24) is 9.71 Å². The molecule has 0 atom stereocenters. The third-order valence-corrected chi connectivity index (χ3v) is 3.88. The van der Waals surface area contributed by atoms with Gasteiger partial charge in [0.05, 0.1) is 28.8 Å². The molecule has 0 saturated heterocycles. The Balaban J connectivity index is 2.12. The van der Waals surface area contributed by atoms with Crippen molar-refractivity contribution < 1.29 is 8.42 Å². The Bertz CT molecular complexity index is 689. The summed E-state index contributed by atoms with van der Waals surface area (Å²) in [5.74, 6) is 0. The maximum absolute atomic E-state index is 12.0. The van der Waals surface area contributed by atoms with Crippen molar-refractivity contribution in [2.45, 2.75) is 11.4 Å². The number of hydrogen-bond acceptors (Lipinski definition) is 4. The summed E-state index contributed by atoms with van der Waals surface area (Å²) < 4.78 is 26.4. The van der Waals surface area contributed by atoms with Gasteiger partial charge in [-0.25, -0.2) is 13.1 Å². The van der Waals surface area contributed by atoms with Gasteiger partial charge in [-0.2, -0.15) is 5.26 Å². The zero-order valence-corrected chi connectivity index (χ0v) is 10.8. The number of aromatic nitrogens is 1. The van der Waals surface area contributed by atoms with Gasteiger partial charge in [0.1, 0.15) is 0 Å². The molecule has 19 heavy (non-hydrogen) atoms. The fraction of sp³-hybridized carbons (Fsp3) is 0.0769. The first kappa shape index (κ1) is 13.2. The van der Waals surface area contributed by atoms with Crippen LogP contribution in [0.15, 0.2) is 53.6 Å². The summed E-state index contributed by atoms with van der Waals surface area (Å²) in [6.07, 6.45) is 1.60. The van der Waals surface area contributed by atoms with Crippen molar-refractivity contribution in [3.63, 3.8) is 0 Å². The minimum absolute atomic E-state index is 0.127. The highest BCUT2D eigenvalue weighted by Crippen LogP contribution is 2.10. The number of sulfonamides is 1. The third kappa shape index (κ3) is 3.37. The molecule has 0 unspecified atom stereocenters. The lowest BCUT2D eigenvalue weighted by Gasteiger charge is -2.06. The molecule has 0 saturated carbocycles. The van der Waals surface area contributed by atoms with Crippen LogP contribution in [0.5, 0.6) is 0 Å². The standard InChI is InChI=1S/C13H11N3O2S/c14-9-11-4-6-13(7-5-11)19(17,18)16-10-12-3-1-2-8-15-12/h1-8,16H,10H2. The molecule has 2 rings (SSSR count). The molecule has 0 aliphatic rings. The van der Waals surface area contributed by atoms with Crippen molar-refractivity contribution in [1.29, 1.82) is 5.26 Å². The number of nitrogens with one attached hydrogen (secondary N) is 1. The number of nitrogens with zero attached hydrogens (tertiary/aromatic N) is 2. The Labute approximate surface area is 111 Å². The number of pyridine rings is 1. The Morgan fingerprint density at radius 3 is 2.47 bits per heavy atom. The van der Waals surface area contributed by atoms with Crippen LogP contribution in [0.1, 0.15) is 11.3 Å².